The van der Waals surface area contributed by atoms with Crippen LogP contribution in [0.4, 0.5) is 0 Å². The molecule has 1 rings (SSSR count). The highest BCUT2D eigenvalue weighted by Gasteiger charge is 2.12. The van der Waals surface area contributed by atoms with Crippen LogP contribution in [0.5, 0.6) is 0 Å². The highest BCUT2D eigenvalue weighted by atomic mass is 35.5. The summed E-state index contributed by atoms with van der Waals surface area (Å²) >= 11 is 1.73. The molecule has 3 nitrogen and oxygen atoms in total. The van der Waals surface area contributed by atoms with Gasteiger partial charge in [0, 0.05) is 12.2 Å². The Kier molecular flexibility index (Phi) is 5.37. The molecular formula is C7H14ClN3S. The first-order chi connectivity index (χ1) is 5.29. The molecule has 1 atom stereocenters. The predicted molar refractivity (Wildman–Crippen MR) is 55.9 cm³/mol. The van der Waals surface area contributed by atoms with Gasteiger partial charge in [-0.25, -0.2) is 4.98 Å². The molecule has 1 aromatic heterocycles. The predicted octanol–water partition coefficient (Wildman–Crippen LogP) is 1.50. The molecule has 0 amide bonds. The van der Waals surface area contributed by atoms with E-state index in [2.05, 4.69) is 9.97 Å². The highest BCUT2D eigenvalue weighted by Crippen LogP contribution is 2.24. The fourth-order valence-electron chi connectivity index (χ4n) is 1.01. The molecule has 0 fully saturated rings. The molecule has 0 radical (unpaired) electrons. The number of imidazole rings is 1. The number of hydrogen-bond donors (Lipinski definition) is 2. The van der Waals surface area contributed by atoms with Crippen LogP contribution in [0.2, 0.25) is 0 Å². The smallest absolute Gasteiger partial charge is 0.0925 e. The van der Waals surface area contributed by atoms with Gasteiger partial charge in [-0.15, -0.1) is 12.4 Å². The van der Waals surface area contributed by atoms with E-state index >= 15 is 0 Å². The number of nitrogens with one attached hydrogen (secondary N) is 1. The molecule has 0 aliphatic rings. The summed E-state index contributed by atoms with van der Waals surface area (Å²) in [6, 6.07) is 0. The maximum absolute atomic E-state index is 5.57. The van der Waals surface area contributed by atoms with Crippen molar-refractivity contribution >= 4 is 24.2 Å². The Morgan fingerprint density at radius 2 is 2.42 bits per heavy atom. The quantitative estimate of drug-likeness (QED) is 0.790. The zero-order valence-corrected chi connectivity index (χ0v) is 8.84. The van der Waals surface area contributed by atoms with Gasteiger partial charge < -0.3 is 10.7 Å². The largest absolute Gasteiger partial charge is 0.348 e. The van der Waals surface area contributed by atoms with Crippen molar-refractivity contribution in [3.8, 4) is 0 Å². The minimum atomic E-state index is 0. The third-order valence-electron chi connectivity index (χ3n) is 1.67. The van der Waals surface area contributed by atoms with E-state index in [9.17, 15) is 0 Å². The van der Waals surface area contributed by atoms with E-state index in [1.807, 2.05) is 13.2 Å². The first-order valence-corrected chi connectivity index (χ1v) is 4.81. The van der Waals surface area contributed by atoms with E-state index < -0.39 is 0 Å². The molecule has 0 bridgehead atoms. The Morgan fingerprint density at radius 3 is 2.75 bits per heavy atom. The molecule has 70 valence electrons. The molecule has 12 heavy (non-hydrogen) atoms. The van der Waals surface area contributed by atoms with Gasteiger partial charge in [0.05, 0.1) is 17.3 Å². The summed E-state index contributed by atoms with van der Waals surface area (Å²) in [5, 5.41) is 0.334. The van der Waals surface area contributed by atoms with Crippen LogP contribution in [-0.2, 0) is 0 Å². The van der Waals surface area contributed by atoms with Crippen molar-refractivity contribution in [3.05, 3.63) is 17.7 Å². The van der Waals surface area contributed by atoms with E-state index in [-0.39, 0.29) is 12.4 Å². The number of rotatable bonds is 3. The van der Waals surface area contributed by atoms with Crippen LogP contribution in [0.15, 0.2) is 6.33 Å². The maximum Gasteiger partial charge on any atom is 0.0925 e. The molecule has 0 saturated carbocycles. The second-order valence-electron chi connectivity index (χ2n) is 2.37. The van der Waals surface area contributed by atoms with Crippen LogP contribution in [0.1, 0.15) is 16.6 Å². The normalized spacial score (nSPS) is 12.2. The third-order valence-corrected chi connectivity index (χ3v) is 2.66. The van der Waals surface area contributed by atoms with Gasteiger partial charge in [0.1, 0.15) is 0 Å². The molecule has 1 unspecified atom stereocenters. The number of hydrogen-bond acceptors (Lipinski definition) is 3. The average Bonchev–Trinajstić information content (AvgIpc) is 2.40. The van der Waals surface area contributed by atoms with Crippen molar-refractivity contribution in [1.82, 2.24) is 9.97 Å². The summed E-state index contributed by atoms with van der Waals surface area (Å²) in [5.74, 6) is 0. The number of thioether (sulfide) groups is 1. The number of H-pyrrole nitrogens is 1. The standard InChI is InChI=1S/C7H13N3S.ClH/c1-5-7(10-4-9-5)6(3-8)11-2;/h4,6H,3,8H2,1-2H3,(H,9,10);1H. The summed E-state index contributed by atoms with van der Waals surface area (Å²) in [7, 11) is 0. The van der Waals surface area contributed by atoms with Crippen molar-refractivity contribution in [1.29, 1.82) is 0 Å². The average molecular weight is 208 g/mol. The Morgan fingerprint density at radius 1 is 1.75 bits per heavy atom. The Hall–Kier alpha value is -0.190. The first-order valence-electron chi connectivity index (χ1n) is 3.52. The van der Waals surface area contributed by atoms with E-state index in [0.717, 1.165) is 11.4 Å². The lowest BCUT2D eigenvalue weighted by molar-refractivity contribution is 0.901. The summed E-state index contributed by atoms with van der Waals surface area (Å²) in [6.45, 7) is 2.66. The van der Waals surface area contributed by atoms with Gasteiger partial charge in [0.2, 0.25) is 0 Å². The van der Waals surface area contributed by atoms with Crippen LogP contribution in [-0.4, -0.2) is 22.8 Å². The molecular weight excluding hydrogens is 194 g/mol. The molecule has 5 heteroatoms. The van der Waals surface area contributed by atoms with Crippen molar-refractivity contribution in [2.45, 2.75) is 12.2 Å². The van der Waals surface area contributed by atoms with Crippen LogP contribution >= 0.6 is 24.2 Å². The molecule has 3 N–H and O–H groups in total. The van der Waals surface area contributed by atoms with E-state index in [1.54, 1.807) is 18.1 Å². The summed E-state index contributed by atoms with van der Waals surface area (Å²) in [5.41, 5.74) is 7.77. The van der Waals surface area contributed by atoms with Gasteiger partial charge in [-0.2, -0.15) is 11.8 Å². The SMILES string of the molecule is CSC(CN)c1nc[nH]c1C.Cl. The van der Waals surface area contributed by atoms with E-state index in [0.29, 0.717) is 11.8 Å². The van der Waals surface area contributed by atoms with Gasteiger partial charge in [-0.1, -0.05) is 0 Å². The van der Waals surface area contributed by atoms with Gasteiger partial charge in [0.25, 0.3) is 0 Å². The highest BCUT2D eigenvalue weighted by molar-refractivity contribution is 7.98. The van der Waals surface area contributed by atoms with Crippen molar-refractivity contribution in [2.75, 3.05) is 12.8 Å². The van der Waals surface area contributed by atoms with Crippen LogP contribution in [0.3, 0.4) is 0 Å². The summed E-state index contributed by atoms with van der Waals surface area (Å²) in [4.78, 5) is 7.24. The fraction of sp³-hybridized carbons (Fsp3) is 0.571. The second kappa shape index (κ2) is 5.45. The Balaban J connectivity index is 0.00000121. The van der Waals surface area contributed by atoms with Crippen LogP contribution < -0.4 is 5.73 Å². The zero-order valence-electron chi connectivity index (χ0n) is 7.20. The molecule has 0 spiro atoms. The molecule has 0 aliphatic heterocycles. The van der Waals surface area contributed by atoms with E-state index in [4.69, 9.17) is 5.73 Å². The lowest BCUT2D eigenvalue weighted by Gasteiger charge is -2.08. The number of halogens is 1. The fourth-order valence-corrected chi connectivity index (χ4v) is 1.67. The van der Waals surface area contributed by atoms with Gasteiger partial charge in [0.15, 0.2) is 0 Å². The lowest BCUT2D eigenvalue weighted by atomic mass is 10.2. The topological polar surface area (TPSA) is 54.7 Å². The monoisotopic (exact) mass is 207 g/mol. The van der Waals surface area contributed by atoms with Gasteiger partial charge in [-0.05, 0) is 13.2 Å². The van der Waals surface area contributed by atoms with E-state index in [1.165, 1.54) is 0 Å². The Bertz CT molecular complexity index is 222. The van der Waals surface area contributed by atoms with Crippen molar-refractivity contribution < 1.29 is 0 Å². The zero-order chi connectivity index (χ0) is 8.27. The van der Waals surface area contributed by atoms with Crippen LogP contribution in [0, 0.1) is 6.92 Å². The lowest BCUT2D eigenvalue weighted by Crippen LogP contribution is -2.10. The van der Waals surface area contributed by atoms with Gasteiger partial charge in [-0.3, -0.25) is 0 Å². The Labute approximate surface area is 82.9 Å². The maximum atomic E-state index is 5.57. The number of nitrogens with two attached hydrogens (primary N) is 1. The number of nitrogens with zero attached hydrogens (tertiary/aromatic N) is 1. The van der Waals surface area contributed by atoms with Crippen LogP contribution in [0.25, 0.3) is 0 Å². The van der Waals surface area contributed by atoms with Crippen molar-refractivity contribution in [3.63, 3.8) is 0 Å². The molecule has 1 heterocycles. The first kappa shape index (κ1) is 11.8. The third kappa shape index (κ3) is 2.40. The summed E-state index contributed by atoms with van der Waals surface area (Å²) < 4.78 is 0. The van der Waals surface area contributed by atoms with Crippen molar-refractivity contribution in [2.24, 2.45) is 5.73 Å². The minimum absolute atomic E-state index is 0. The second-order valence-corrected chi connectivity index (χ2v) is 3.41. The number of aryl methyl sites for hydroxylation is 1. The van der Waals surface area contributed by atoms with Gasteiger partial charge >= 0.3 is 0 Å². The molecule has 1 aromatic rings. The minimum Gasteiger partial charge on any atom is -0.348 e. The summed E-state index contributed by atoms with van der Waals surface area (Å²) in [6.07, 6.45) is 3.76. The molecule has 0 aliphatic carbocycles. The number of aromatic nitrogens is 2. The molecule has 0 saturated heterocycles. The molecule has 0 aromatic carbocycles. The number of aromatic amines is 1.